The van der Waals surface area contributed by atoms with Gasteiger partial charge in [-0.25, -0.2) is 0 Å². The van der Waals surface area contributed by atoms with Crippen molar-refractivity contribution in [1.82, 2.24) is 19.4 Å². The molecule has 0 amide bonds. The van der Waals surface area contributed by atoms with Gasteiger partial charge in [0, 0.05) is 26.3 Å². The number of hydrogen-bond acceptors (Lipinski definition) is 4. The van der Waals surface area contributed by atoms with Crippen LogP contribution in [0, 0.1) is 0 Å². The molecule has 2 N–H and O–H groups in total. The summed E-state index contributed by atoms with van der Waals surface area (Å²) >= 11 is 0. The molecule has 0 unspecified atom stereocenters. The van der Waals surface area contributed by atoms with Crippen LogP contribution in [-0.4, -0.2) is 49.2 Å². The van der Waals surface area contributed by atoms with Crippen LogP contribution in [0.25, 0.3) is 0 Å². The molecule has 0 bridgehead atoms. The van der Waals surface area contributed by atoms with Gasteiger partial charge < -0.3 is 5.32 Å². The fraction of sp³-hybridized carbons (Fsp3) is 0.727. The SMILES string of the molecule is CCNCCCN(C)S(=O)(=O)Nc1cnn(CC)c1. The minimum absolute atomic E-state index is 0.476. The van der Waals surface area contributed by atoms with Gasteiger partial charge in [-0.1, -0.05) is 6.92 Å². The molecule has 0 aliphatic heterocycles. The van der Waals surface area contributed by atoms with E-state index in [1.807, 2.05) is 13.8 Å². The molecule has 1 heterocycles. The molecule has 0 saturated heterocycles. The Hall–Kier alpha value is -1.12. The predicted molar refractivity (Wildman–Crippen MR) is 76.2 cm³/mol. The highest BCUT2D eigenvalue weighted by Crippen LogP contribution is 2.09. The highest BCUT2D eigenvalue weighted by molar-refractivity contribution is 7.90. The van der Waals surface area contributed by atoms with E-state index in [9.17, 15) is 8.42 Å². The van der Waals surface area contributed by atoms with Gasteiger partial charge in [0.1, 0.15) is 0 Å². The average Bonchev–Trinajstić information content (AvgIpc) is 2.81. The largest absolute Gasteiger partial charge is 0.317 e. The van der Waals surface area contributed by atoms with Gasteiger partial charge >= 0.3 is 10.2 Å². The van der Waals surface area contributed by atoms with Crippen molar-refractivity contribution < 1.29 is 8.42 Å². The van der Waals surface area contributed by atoms with Crippen LogP contribution in [0.3, 0.4) is 0 Å². The van der Waals surface area contributed by atoms with Gasteiger partial charge in [0.15, 0.2) is 0 Å². The highest BCUT2D eigenvalue weighted by Gasteiger charge is 2.17. The number of nitrogens with one attached hydrogen (secondary N) is 2. The Bertz CT molecular complexity index is 471. The van der Waals surface area contributed by atoms with E-state index in [2.05, 4.69) is 15.1 Å². The monoisotopic (exact) mass is 289 g/mol. The zero-order valence-electron chi connectivity index (χ0n) is 11.8. The quantitative estimate of drug-likeness (QED) is 0.649. The third-order valence-electron chi connectivity index (χ3n) is 2.69. The molecule has 1 aromatic heterocycles. The lowest BCUT2D eigenvalue weighted by Gasteiger charge is -2.17. The Labute approximate surface area is 115 Å². The maximum atomic E-state index is 12.0. The van der Waals surface area contributed by atoms with Crippen LogP contribution in [0.1, 0.15) is 20.3 Å². The summed E-state index contributed by atoms with van der Waals surface area (Å²) < 4.78 is 29.5. The van der Waals surface area contributed by atoms with Gasteiger partial charge in [0.05, 0.1) is 11.9 Å². The fourth-order valence-electron chi connectivity index (χ4n) is 1.54. The summed E-state index contributed by atoms with van der Waals surface area (Å²) in [6.45, 7) is 6.85. The second kappa shape index (κ2) is 7.46. The van der Waals surface area contributed by atoms with Crippen molar-refractivity contribution in [3.63, 3.8) is 0 Å². The van der Waals surface area contributed by atoms with Crippen molar-refractivity contribution >= 4 is 15.9 Å². The third-order valence-corrected chi connectivity index (χ3v) is 4.19. The second-order valence-electron chi connectivity index (χ2n) is 4.22. The molecule has 0 fully saturated rings. The van der Waals surface area contributed by atoms with Crippen LogP contribution in [0.5, 0.6) is 0 Å². The first-order valence-corrected chi connectivity index (χ1v) is 7.90. The Morgan fingerprint density at radius 2 is 2.16 bits per heavy atom. The van der Waals surface area contributed by atoms with Gasteiger partial charge in [-0.3, -0.25) is 9.40 Å². The van der Waals surface area contributed by atoms with Crippen molar-refractivity contribution in [2.24, 2.45) is 0 Å². The van der Waals surface area contributed by atoms with Crippen LogP contribution in [0.15, 0.2) is 12.4 Å². The second-order valence-corrected chi connectivity index (χ2v) is 6.00. The molecule has 0 saturated carbocycles. The summed E-state index contributed by atoms with van der Waals surface area (Å²) in [5, 5.41) is 7.19. The minimum Gasteiger partial charge on any atom is -0.317 e. The van der Waals surface area contributed by atoms with E-state index in [0.717, 1.165) is 19.5 Å². The van der Waals surface area contributed by atoms with E-state index in [1.165, 1.54) is 10.5 Å². The molecule has 110 valence electrons. The van der Waals surface area contributed by atoms with Crippen LogP contribution < -0.4 is 10.0 Å². The van der Waals surface area contributed by atoms with Gasteiger partial charge in [-0.15, -0.1) is 0 Å². The first-order valence-electron chi connectivity index (χ1n) is 6.46. The number of rotatable bonds is 9. The molecule has 7 nitrogen and oxygen atoms in total. The molecule has 0 aliphatic carbocycles. The lowest BCUT2D eigenvalue weighted by Crippen LogP contribution is -2.34. The molecule has 0 atom stereocenters. The first-order chi connectivity index (χ1) is 8.99. The molecule has 8 heteroatoms. The van der Waals surface area contributed by atoms with E-state index in [-0.39, 0.29) is 0 Å². The Morgan fingerprint density at radius 3 is 2.74 bits per heavy atom. The minimum atomic E-state index is -3.49. The van der Waals surface area contributed by atoms with Crippen molar-refractivity contribution in [3.8, 4) is 0 Å². The van der Waals surface area contributed by atoms with Crippen LogP contribution in [0.4, 0.5) is 5.69 Å². The maximum absolute atomic E-state index is 12.0. The van der Waals surface area contributed by atoms with E-state index in [4.69, 9.17) is 0 Å². The lowest BCUT2D eigenvalue weighted by atomic mass is 10.4. The molecule has 0 aromatic carbocycles. The molecule has 19 heavy (non-hydrogen) atoms. The van der Waals surface area contributed by atoms with E-state index in [1.54, 1.807) is 17.9 Å². The Morgan fingerprint density at radius 1 is 1.42 bits per heavy atom. The Balaban J connectivity index is 2.50. The molecule has 0 spiro atoms. The number of hydrogen-bond donors (Lipinski definition) is 2. The lowest BCUT2D eigenvalue weighted by molar-refractivity contribution is 0.459. The van der Waals surface area contributed by atoms with Crippen molar-refractivity contribution in [2.45, 2.75) is 26.8 Å². The standard InChI is InChI=1S/C11H23N5O2S/c1-4-12-7-6-8-15(3)19(17,18)14-11-9-13-16(5-2)10-11/h9-10,12,14H,4-8H2,1-3H3. The van der Waals surface area contributed by atoms with E-state index in [0.29, 0.717) is 18.8 Å². The molecular formula is C11H23N5O2S. The van der Waals surface area contributed by atoms with E-state index >= 15 is 0 Å². The summed E-state index contributed by atoms with van der Waals surface area (Å²) in [5.74, 6) is 0. The van der Waals surface area contributed by atoms with Gasteiger partial charge in [0.2, 0.25) is 0 Å². The highest BCUT2D eigenvalue weighted by atomic mass is 32.2. The molecule has 1 aromatic rings. The maximum Gasteiger partial charge on any atom is 0.301 e. The summed E-state index contributed by atoms with van der Waals surface area (Å²) in [6.07, 6.45) is 3.96. The Kier molecular flexibility index (Phi) is 6.26. The third kappa shape index (κ3) is 5.17. The zero-order chi connectivity index (χ0) is 14.3. The smallest absolute Gasteiger partial charge is 0.301 e. The van der Waals surface area contributed by atoms with E-state index < -0.39 is 10.2 Å². The topological polar surface area (TPSA) is 79.3 Å². The summed E-state index contributed by atoms with van der Waals surface area (Å²) in [5.41, 5.74) is 0.486. The number of aryl methyl sites for hydroxylation is 1. The molecule has 1 rings (SSSR count). The first kappa shape index (κ1) is 15.9. The predicted octanol–water partition coefficient (Wildman–Crippen LogP) is 0.491. The molecule has 0 aliphatic rings. The van der Waals surface area contributed by atoms with Gasteiger partial charge in [-0.2, -0.15) is 17.8 Å². The van der Waals surface area contributed by atoms with Crippen LogP contribution in [-0.2, 0) is 16.8 Å². The van der Waals surface area contributed by atoms with Crippen LogP contribution in [0.2, 0.25) is 0 Å². The van der Waals surface area contributed by atoms with Gasteiger partial charge in [-0.05, 0) is 26.4 Å². The number of anilines is 1. The summed E-state index contributed by atoms with van der Waals surface area (Å²) in [7, 11) is -1.93. The fourth-order valence-corrected chi connectivity index (χ4v) is 2.47. The van der Waals surface area contributed by atoms with Gasteiger partial charge in [0.25, 0.3) is 0 Å². The molecular weight excluding hydrogens is 266 g/mol. The summed E-state index contributed by atoms with van der Waals surface area (Å²) in [6, 6.07) is 0. The normalized spacial score (nSPS) is 12.0. The van der Waals surface area contributed by atoms with Crippen molar-refractivity contribution in [3.05, 3.63) is 12.4 Å². The van der Waals surface area contributed by atoms with Crippen LogP contribution >= 0.6 is 0 Å². The zero-order valence-corrected chi connectivity index (χ0v) is 12.6. The number of nitrogens with zero attached hydrogens (tertiary/aromatic N) is 3. The summed E-state index contributed by atoms with van der Waals surface area (Å²) in [4.78, 5) is 0. The number of aromatic nitrogens is 2. The molecule has 0 radical (unpaired) electrons. The van der Waals surface area contributed by atoms with Crippen molar-refractivity contribution in [1.29, 1.82) is 0 Å². The van der Waals surface area contributed by atoms with Crippen molar-refractivity contribution in [2.75, 3.05) is 31.4 Å². The average molecular weight is 289 g/mol.